The van der Waals surface area contributed by atoms with Gasteiger partial charge in [-0.05, 0) is 13.8 Å². The van der Waals surface area contributed by atoms with Gasteiger partial charge in [0, 0.05) is 12.5 Å². The molecule has 1 rings (SSSR count). The molecule has 1 unspecified atom stereocenters. The number of carbonyl (C=O) groups is 1. The Morgan fingerprint density at radius 3 is 3.19 bits per heavy atom. The Labute approximate surface area is 99.0 Å². The number of hydrogen-bond acceptors (Lipinski definition) is 5. The summed E-state index contributed by atoms with van der Waals surface area (Å²) < 4.78 is 4.87. The smallest absolute Gasteiger partial charge is 0.350 e. The molecule has 16 heavy (non-hydrogen) atoms. The molecule has 0 bridgehead atoms. The maximum atomic E-state index is 11.4. The van der Waals surface area contributed by atoms with Gasteiger partial charge in [-0.1, -0.05) is 11.3 Å². The lowest BCUT2D eigenvalue weighted by Crippen LogP contribution is -2.13. The fourth-order valence-corrected chi connectivity index (χ4v) is 1.90. The summed E-state index contributed by atoms with van der Waals surface area (Å²) in [5, 5.41) is 3.80. The van der Waals surface area contributed by atoms with E-state index in [1.165, 1.54) is 17.5 Å². The topological polar surface area (TPSA) is 51.2 Å². The lowest BCUT2D eigenvalue weighted by atomic mass is 10.2. The third-order valence-corrected chi connectivity index (χ3v) is 2.68. The first-order chi connectivity index (χ1) is 7.67. The summed E-state index contributed by atoms with van der Waals surface area (Å²) in [4.78, 5) is 15.9. The van der Waals surface area contributed by atoms with E-state index in [1.54, 1.807) is 6.92 Å². The molecule has 0 spiro atoms. The number of ether oxygens (including phenoxy) is 1. The van der Waals surface area contributed by atoms with Crippen molar-refractivity contribution in [1.29, 1.82) is 0 Å². The molecule has 1 N–H and O–H groups in total. The molecule has 1 heterocycles. The van der Waals surface area contributed by atoms with Gasteiger partial charge in [-0.2, -0.15) is 0 Å². The van der Waals surface area contributed by atoms with Gasteiger partial charge in [0.1, 0.15) is 4.88 Å². The Morgan fingerprint density at radius 1 is 1.81 bits per heavy atom. The molecule has 1 atom stereocenters. The van der Waals surface area contributed by atoms with Crippen LogP contribution in [-0.2, 0) is 4.74 Å². The van der Waals surface area contributed by atoms with Gasteiger partial charge in [-0.25, -0.2) is 9.78 Å². The first-order valence-electron chi connectivity index (χ1n) is 5.00. The summed E-state index contributed by atoms with van der Waals surface area (Å²) in [6.45, 7) is 4.10. The van der Waals surface area contributed by atoms with E-state index in [9.17, 15) is 4.79 Å². The number of nitrogens with one attached hydrogen (secondary N) is 1. The van der Waals surface area contributed by atoms with Gasteiger partial charge in [0.05, 0.1) is 12.8 Å². The Kier molecular flexibility index (Phi) is 4.80. The van der Waals surface area contributed by atoms with Crippen molar-refractivity contribution in [3.05, 3.63) is 11.1 Å². The van der Waals surface area contributed by atoms with Crippen LogP contribution in [0.1, 0.15) is 29.9 Å². The van der Waals surface area contributed by atoms with Gasteiger partial charge in [0.25, 0.3) is 0 Å². The molecule has 0 aliphatic carbocycles. The molecule has 0 aromatic carbocycles. The van der Waals surface area contributed by atoms with Crippen molar-refractivity contribution in [2.45, 2.75) is 26.3 Å². The Balaban J connectivity index is 2.58. The molecule has 0 aliphatic rings. The quantitative estimate of drug-likeness (QED) is 0.630. The molecule has 0 fully saturated rings. The highest BCUT2D eigenvalue weighted by molar-refractivity contribution is 7.17. The van der Waals surface area contributed by atoms with Crippen LogP contribution < -0.4 is 5.32 Å². The number of anilines is 1. The number of hydrogen-bond donors (Lipinski definition) is 1. The van der Waals surface area contributed by atoms with E-state index in [-0.39, 0.29) is 12.0 Å². The summed E-state index contributed by atoms with van der Waals surface area (Å²) in [6.07, 6.45) is 7.32. The number of carbonyl (C=O) groups excluding carboxylic acids is 1. The SMILES string of the molecule is C#CCC(C)Nc1ncc(C(=O)OCC)s1. The van der Waals surface area contributed by atoms with Gasteiger partial charge in [0.15, 0.2) is 5.13 Å². The largest absolute Gasteiger partial charge is 0.462 e. The van der Waals surface area contributed by atoms with E-state index in [0.29, 0.717) is 23.0 Å². The normalized spacial score (nSPS) is 11.6. The van der Waals surface area contributed by atoms with Crippen LogP contribution in [0, 0.1) is 12.3 Å². The van der Waals surface area contributed by atoms with E-state index >= 15 is 0 Å². The highest BCUT2D eigenvalue weighted by atomic mass is 32.1. The van der Waals surface area contributed by atoms with Crippen LogP contribution in [-0.4, -0.2) is 23.6 Å². The molecule has 86 valence electrons. The van der Waals surface area contributed by atoms with Crippen molar-refractivity contribution in [2.24, 2.45) is 0 Å². The number of thiazole rings is 1. The highest BCUT2D eigenvalue weighted by Gasteiger charge is 2.12. The summed E-state index contributed by atoms with van der Waals surface area (Å²) in [5.41, 5.74) is 0. The Hall–Kier alpha value is -1.54. The van der Waals surface area contributed by atoms with E-state index in [1.807, 2.05) is 6.92 Å². The molecule has 0 saturated heterocycles. The van der Waals surface area contributed by atoms with Crippen LogP contribution >= 0.6 is 11.3 Å². The van der Waals surface area contributed by atoms with Crippen LogP contribution in [0.2, 0.25) is 0 Å². The Morgan fingerprint density at radius 2 is 2.56 bits per heavy atom. The molecule has 0 aliphatic heterocycles. The van der Waals surface area contributed by atoms with Crippen molar-refractivity contribution in [1.82, 2.24) is 4.98 Å². The average Bonchev–Trinajstić information content (AvgIpc) is 2.67. The molecular formula is C11H14N2O2S. The molecule has 0 saturated carbocycles. The monoisotopic (exact) mass is 238 g/mol. The fraction of sp³-hybridized carbons (Fsp3) is 0.455. The standard InChI is InChI=1S/C11H14N2O2S/c1-4-6-8(3)13-11-12-7-9(16-11)10(14)15-5-2/h1,7-8H,5-6H2,2-3H3,(H,12,13). The molecule has 1 aromatic heterocycles. The van der Waals surface area contributed by atoms with Crippen LogP contribution in [0.15, 0.2) is 6.20 Å². The van der Waals surface area contributed by atoms with Gasteiger partial charge in [0.2, 0.25) is 0 Å². The minimum absolute atomic E-state index is 0.145. The van der Waals surface area contributed by atoms with E-state index in [4.69, 9.17) is 11.2 Å². The fourth-order valence-electron chi connectivity index (χ4n) is 1.08. The average molecular weight is 238 g/mol. The second-order valence-corrected chi connectivity index (χ2v) is 4.23. The highest BCUT2D eigenvalue weighted by Crippen LogP contribution is 2.19. The zero-order valence-corrected chi connectivity index (χ0v) is 10.1. The van der Waals surface area contributed by atoms with Crippen LogP contribution in [0.3, 0.4) is 0 Å². The summed E-state index contributed by atoms with van der Waals surface area (Å²) in [6, 6.07) is 0.145. The van der Waals surface area contributed by atoms with Crippen molar-refractivity contribution in [3.63, 3.8) is 0 Å². The van der Waals surface area contributed by atoms with Crippen LogP contribution in [0.4, 0.5) is 5.13 Å². The number of rotatable bonds is 5. The first-order valence-corrected chi connectivity index (χ1v) is 5.82. The van der Waals surface area contributed by atoms with Crippen LogP contribution in [0.5, 0.6) is 0 Å². The second-order valence-electron chi connectivity index (χ2n) is 3.20. The van der Waals surface area contributed by atoms with Crippen molar-refractivity contribution in [2.75, 3.05) is 11.9 Å². The first kappa shape index (κ1) is 12.5. The summed E-state index contributed by atoms with van der Waals surface area (Å²) >= 11 is 1.27. The number of nitrogens with zero attached hydrogens (tertiary/aromatic N) is 1. The molecule has 5 heteroatoms. The predicted octanol–water partition coefficient (Wildman–Crippen LogP) is 2.14. The maximum Gasteiger partial charge on any atom is 0.350 e. The van der Waals surface area contributed by atoms with Gasteiger partial charge in [-0.3, -0.25) is 0 Å². The minimum atomic E-state index is -0.336. The maximum absolute atomic E-state index is 11.4. The third-order valence-electron chi connectivity index (χ3n) is 1.78. The van der Waals surface area contributed by atoms with E-state index in [2.05, 4.69) is 16.2 Å². The summed E-state index contributed by atoms with van der Waals surface area (Å²) in [5.74, 6) is 2.22. The molecule has 0 radical (unpaired) electrons. The number of aromatic nitrogens is 1. The van der Waals surface area contributed by atoms with E-state index in [0.717, 1.165) is 0 Å². The summed E-state index contributed by atoms with van der Waals surface area (Å²) in [7, 11) is 0. The molecule has 1 aromatic rings. The molecule has 0 amide bonds. The number of esters is 1. The van der Waals surface area contributed by atoms with Gasteiger partial charge >= 0.3 is 5.97 Å². The zero-order valence-electron chi connectivity index (χ0n) is 9.32. The lowest BCUT2D eigenvalue weighted by molar-refractivity contribution is 0.0532. The van der Waals surface area contributed by atoms with Crippen molar-refractivity contribution >= 4 is 22.4 Å². The van der Waals surface area contributed by atoms with E-state index < -0.39 is 0 Å². The van der Waals surface area contributed by atoms with Crippen molar-refractivity contribution in [3.8, 4) is 12.3 Å². The van der Waals surface area contributed by atoms with Gasteiger partial charge in [-0.15, -0.1) is 12.3 Å². The Bertz CT molecular complexity index is 395. The molecular weight excluding hydrogens is 224 g/mol. The van der Waals surface area contributed by atoms with Gasteiger partial charge < -0.3 is 10.1 Å². The minimum Gasteiger partial charge on any atom is -0.462 e. The van der Waals surface area contributed by atoms with Crippen molar-refractivity contribution < 1.29 is 9.53 Å². The third kappa shape index (κ3) is 3.55. The zero-order chi connectivity index (χ0) is 12.0. The van der Waals surface area contributed by atoms with Crippen LogP contribution in [0.25, 0.3) is 0 Å². The second kappa shape index (κ2) is 6.13. The number of terminal acetylenes is 1. The lowest BCUT2D eigenvalue weighted by Gasteiger charge is -2.07. The molecule has 4 nitrogen and oxygen atoms in total. The predicted molar refractivity (Wildman–Crippen MR) is 64.6 cm³/mol.